The molecule has 7 heteroatoms. The Kier molecular flexibility index (Phi) is 5.79. The highest BCUT2D eigenvalue weighted by atomic mass is 32.1. The zero-order valence-electron chi connectivity index (χ0n) is 13.8. The van der Waals surface area contributed by atoms with Gasteiger partial charge in [-0.25, -0.2) is 14.4 Å². The fourth-order valence-corrected chi connectivity index (χ4v) is 2.88. The quantitative estimate of drug-likeness (QED) is 0.520. The van der Waals surface area contributed by atoms with Gasteiger partial charge < -0.3 is 15.1 Å². The van der Waals surface area contributed by atoms with Crippen molar-refractivity contribution in [2.75, 3.05) is 6.54 Å². The van der Waals surface area contributed by atoms with E-state index in [9.17, 15) is 4.39 Å². The summed E-state index contributed by atoms with van der Waals surface area (Å²) in [5.41, 5.74) is 1.61. The molecule has 0 aliphatic rings. The third-order valence-electron chi connectivity index (χ3n) is 3.37. The summed E-state index contributed by atoms with van der Waals surface area (Å²) >= 11 is 1.59. The number of oxazole rings is 1. The monoisotopic (exact) mass is 358 g/mol. The van der Waals surface area contributed by atoms with Gasteiger partial charge in [-0.2, -0.15) is 0 Å². The van der Waals surface area contributed by atoms with Crippen molar-refractivity contribution in [3.63, 3.8) is 0 Å². The Labute approximate surface area is 149 Å². The lowest BCUT2D eigenvalue weighted by molar-refractivity contribution is 0.573. The first kappa shape index (κ1) is 17.2. The fraction of sp³-hybridized carbons (Fsp3) is 0.222. The van der Waals surface area contributed by atoms with Crippen LogP contribution in [0.2, 0.25) is 0 Å². The Bertz CT molecular complexity index is 829. The maximum absolute atomic E-state index is 13.2. The first-order valence-electron chi connectivity index (χ1n) is 7.99. The number of hydrogen-bond acceptors (Lipinski definition) is 4. The van der Waals surface area contributed by atoms with Gasteiger partial charge in [0.2, 0.25) is 5.89 Å². The summed E-state index contributed by atoms with van der Waals surface area (Å²) in [4.78, 5) is 9.93. The molecule has 0 fully saturated rings. The number of thiophene rings is 1. The van der Waals surface area contributed by atoms with Crippen LogP contribution in [-0.4, -0.2) is 17.5 Å². The van der Waals surface area contributed by atoms with Crippen LogP contribution in [0.1, 0.15) is 18.2 Å². The van der Waals surface area contributed by atoms with Crippen LogP contribution in [0.4, 0.5) is 4.39 Å². The van der Waals surface area contributed by atoms with E-state index in [0.717, 1.165) is 22.7 Å². The van der Waals surface area contributed by atoms with Gasteiger partial charge in [-0.05, 0) is 36.1 Å². The lowest BCUT2D eigenvalue weighted by atomic mass is 10.2. The number of rotatable bonds is 6. The maximum Gasteiger partial charge on any atom is 0.236 e. The number of aliphatic imine (C=N–C) groups is 1. The summed E-state index contributed by atoms with van der Waals surface area (Å²) in [6, 6.07) is 10.4. The Morgan fingerprint density at radius 2 is 2.20 bits per heavy atom. The molecule has 0 bridgehead atoms. The molecule has 3 rings (SSSR count). The summed E-state index contributed by atoms with van der Waals surface area (Å²) < 4.78 is 18.7. The number of hydrogen-bond donors (Lipinski definition) is 2. The second-order valence-electron chi connectivity index (χ2n) is 5.30. The molecule has 0 atom stereocenters. The SMILES string of the molecule is CCNC(=NCc1cccc(F)c1)NCc1coc(-c2cccs2)n1. The molecule has 3 aromatic rings. The third kappa shape index (κ3) is 4.90. The molecule has 0 saturated carbocycles. The van der Waals surface area contributed by atoms with Crippen LogP contribution in [0, 0.1) is 5.82 Å². The van der Waals surface area contributed by atoms with E-state index in [2.05, 4.69) is 20.6 Å². The third-order valence-corrected chi connectivity index (χ3v) is 4.23. The van der Waals surface area contributed by atoms with Crippen LogP contribution in [0.15, 0.2) is 57.5 Å². The summed E-state index contributed by atoms with van der Waals surface area (Å²) in [6.07, 6.45) is 1.64. The first-order chi connectivity index (χ1) is 12.2. The number of benzene rings is 1. The second-order valence-corrected chi connectivity index (χ2v) is 6.25. The molecule has 0 radical (unpaired) electrons. The van der Waals surface area contributed by atoms with Gasteiger partial charge in [0, 0.05) is 6.54 Å². The Morgan fingerprint density at radius 3 is 2.96 bits per heavy atom. The molecule has 0 aliphatic heterocycles. The average Bonchev–Trinajstić information content (AvgIpc) is 3.28. The van der Waals surface area contributed by atoms with E-state index in [1.165, 1.54) is 12.1 Å². The average molecular weight is 358 g/mol. The summed E-state index contributed by atoms with van der Waals surface area (Å²) in [5, 5.41) is 8.35. The highest BCUT2D eigenvalue weighted by molar-refractivity contribution is 7.13. The van der Waals surface area contributed by atoms with Gasteiger partial charge in [-0.15, -0.1) is 11.3 Å². The zero-order chi connectivity index (χ0) is 17.5. The lowest BCUT2D eigenvalue weighted by Gasteiger charge is -2.10. The van der Waals surface area contributed by atoms with Gasteiger partial charge in [-0.1, -0.05) is 18.2 Å². The predicted molar refractivity (Wildman–Crippen MR) is 97.9 cm³/mol. The van der Waals surface area contributed by atoms with Gasteiger partial charge in [0.05, 0.1) is 23.7 Å². The molecule has 5 nitrogen and oxygen atoms in total. The molecule has 0 spiro atoms. The molecule has 2 aromatic heterocycles. The molecule has 0 aliphatic carbocycles. The summed E-state index contributed by atoms with van der Waals surface area (Å²) in [6.45, 7) is 3.61. The summed E-state index contributed by atoms with van der Waals surface area (Å²) in [5.74, 6) is 1.01. The van der Waals surface area contributed by atoms with E-state index >= 15 is 0 Å². The molecule has 1 aromatic carbocycles. The van der Waals surface area contributed by atoms with Crippen molar-refractivity contribution in [2.24, 2.45) is 4.99 Å². The zero-order valence-corrected chi connectivity index (χ0v) is 14.6. The standard InChI is InChI=1S/C18H19FN4OS/c1-2-20-18(21-10-13-5-3-6-14(19)9-13)22-11-15-12-24-17(23-15)16-7-4-8-25-16/h3-9,12H,2,10-11H2,1H3,(H2,20,21,22). The van der Waals surface area contributed by atoms with E-state index < -0.39 is 0 Å². The van der Waals surface area contributed by atoms with Crippen molar-refractivity contribution in [1.82, 2.24) is 15.6 Å². The molecule has 130 valence electrons. The molecule has 2 heterocycles. The number of nitrogens with zero attached hydrogens (tertiary/aromatic N) is 2. The Morgan fingerprint density at radius 1 is 1.28 bits per heavy atom. The normalized spacial score (nSPS) is 11.5. The molecular weight excluding hydrogens is 339 g/mol. The summed E-state index contributed by atoms with van der Waals surface area (Å²) in [7, 11) is 0. The molecule has 0 amide bonds. The number of guanidine groups is 1. The number of aromatic nitrogens is 1. The van der Waals surface area contributed by atoms with Crippen LogP contribution in [0.25, 0.3) is 10.8 Å². The Balaban J connectivity index is 1.61. The van der Waals surface area contributed by atoms with Crippen LogP contribution in [0.5, 0.6) is 0 Å². The Hall–Kier alpha value is -2.67. The van der Waals surface area contributed by atoms with Gasteiger partial charge >= 0.3 is 0 Å². The van der Waals surface area contributed by atoms with Crippen LogP contribution >= 0.6 is 11.3 Å². The predicted octanol–water partition coefficient (Wildman–Crippen LogP) is 3.80. The molecule has 2 N–H and O–H groups in total. The molecule has 25 heavy (non-hydrogen) atoms. The van der Waals surface area contributed by atoms with E-state index in [-0.39, 0.29) is 5.82 Å². The molecular formula is C18H19FN4OS. The van der Waals surface area contributed by atoms with Crippen molar-refractivity contribution in [3.8, 4) is 10.8 Å². The van der Waals surface area contributed by atoms with Crippen molar-refractivity contribution in [2.45, 2.75) is 20.0 Å². The van der Waals surface area contributed by atoms with Crippen LogP contribution < -0.4 is 10.6 Å². The van der Waals surface area contributed by atoms with Crippen molar-refractivity contribution < 1.29 is 8.81 Å². The van der Waals surface area contributed by atoms with E-state index in [1.54, 1.807) is 23.7 Å². The largest absolute Gasteiger partial charge is 0.443 e. The van der Waals surface area contributed by atoms with Gasteiger partial charge in [0.15, 0.2) is 5.96 Å². The number of nitrogens with one attached hydrogen (secondary N) is 2. The number of halogens is 1. The highest BCUT2D eigenvalue weighted by Gasteiger charge is 2.08. The highest BCUT2D eigenvalue weighted by Crippen LogP contribution is 2.23. The molecule has 0 saturated heterocycles. The smallest absolute Gasteiger partial charge is 0.236 e. The fourth-order valence-electron chi connectivity index (χ4n) is 2.22. The lowest BCUT2D eigenvalue weighted by Crippen LogP contribution is -2.36. The minimum atomic E-state index is -0.255. The first-order valence-corrected chi connectivity index (χ1v) is 8.87. The van der Waals surface area contributed by atoms with Crippen molar-refractivity contribution >= 4 is 17.3 Å². The van der Waals surface area contributed by atoms with E-state index in [0.29, 0.717) is 24.9 Å². The van der Waals surface area contributed by atoms with Gasteiger partial charge in [-0.3, -0.25) is 0 Å². The van der Waals surface area contributed by atoms with E-state index in [1.807, 2.05) is 30.5 Å². The van der Waals surface area contributed by atoms with Gasteiger partial charge in [0.25, 0.3) is 0 Å². The minimum absolute atomic E-state index is 0.255. The minimum Gasteiger partial charge on any atom is -0.443 e. The molecule has 0 unspecified atom stereocenters. The van der Waals surface area contributed by atoms with Crippen molar-refractivity contribution in [3.05, 3.63) is 65.1 Å². The second kappa shape index (κ2) is 8.43. The van der Waals surface area contributed by atoms with Gasteiger partial charge in [0.1, 0.15) is 12.1 Å². The topological polar surface area (TPSA) is 62.5 Å². The van der Waals surface area contributed by atoms with Crippen molar-refractivity contribution in [1.29, 1.82) is 0 Å². The van der Waals surface area contributed by atoms with Crippen LogP contribution in [0.3, 0.4) is 0 Å². The van der Waals surface area contributed by atoms with E-state index in [4.69, 9.17) is 4.42 Å². The van der Waals surface area contributed by atoms with Crippen LogP contribution in [-0.2, 0) is 13.1 Å². The maximum atomic E-state index is 13.2.